The van der Waals surface area contributed by atoms with Gasteiger partial charge in [-0.15, -0.1) is 10.2 Å². The van der Waals surface area contributed by atoms with Crippen molar-refractivity contribution in [1.29, 1.82) is 0 Å². The molecule has 4 saturated heterocycles. The van der Waals surface area contributed by atoms with Crippen LogP contribution >= 0.6 is 11.3 Å². The van der Waals surface area contributed by atoms with Crippen molar-refractivity contribution >= 4 is 58.4 Å². The molecule has 4 aromatic rings. The lowest BCUT2D eigenvalue weighted by Crippen LogP contribution is -2.64. The third-order valence-electron chi connectivity index (χ3n) is 17.7. The van der Waals surface area contributed by atoms with Crippen LogP contribution in [0.1, 0.15) is 74.7 Å². The number of piperazine rings is 1. The molecule has 486 valence electrons. The van der Waals surface area contributed by atoms with Crippen molar-refractivity contribution in [2.24, 2.45) is 11.7 Å². The molecule has 14 N–H and O–H groups in total. The number of phenols is 1. The van der Waals surface area contributed by atoms with Crippen LogP contribution in [0.5, 0.6) is 11.5 Å². The number of allylic oxidation sites excluding steroid dienone is 1. The second-order valence-electron chi connectivity index (χ2n) is 24.1. The Morgan fingerprint density at radius 3 is 2.02 bits per heavy atom. The summed E-state index contributed by atoms with van der Waals surface area (Å²) < 4.78 is 5.20. The number of benzene rings is 3. The highest BCUT2D eigenvalue weighted by atomic mass is 32.1. The number of aromatic hydroxyl groups is 1. The van der Waals surface area contributed by atoms with Gasteiger partial charge in [-0.1, -0.05) is 48.6 Å². The van der Waals surface area contributed by atoms with E-state index in [1.807, 2.05) is 12.1 Å². The fourth-order valence-corrected chi connectivity index (χ4v) is 13.3. The number of aromatic nitrogens is 2. The number of aliphatic hydroxyl groups excluding tert-OH is 6. The number of fused-ring (bicyclic) bond motifs is 2. The number of carbonyl (C=O) groups excluding carboxylic acids is 7. The Kier molecular flexibility index (Phi) is 21.9. The molecule has 5 aliphatic rings. The number of nitrogens with two attached hydrogens (primary N) is 1. The van der Waals surface area contributed by atoms with Crippen molar-refractivity contribution in [3.63, 3.8) is 0 Å². The number of hydrogen-bond acceptors (Lipinski definition) is 21. The minimum absolute atomic E-state index is 0.00219. The smallest absolute Gasteiger partial charge is 0.251 e. The molecule has 0 bridgehead atoms. The maximum absolute atomic E-state index is 14.7. The maximum atomic E-state index is 14.7. The van der Waals surface area contributed by atoms with E-state index in [0.717, 1.165) is 67.0 Å². The molecule has 0 radical (unpaired) electrons. The summed E-state index contributed by atoms with van der Waals surface area (Å²) in [5.74, 6) is -8.51. The lowest BCUT2D eigenvalue weighted by molar-refractivity contribution is -0.147. The van der Waals surface area contributed by atoms with Crippen LogP contribution < -0.4 is 42.0 Å². The fourth-order valence-electron chi connectivity index (χ4n) is 12.5. The molecular weight excluding hydrogens is 1180 g/mol. The lowest BCUT2D eigenvalue weighted by atomic mass is 9.90. The lowest BCUT2D eigenvalue weighted by Gasteiger charge is -2.41. The minimum Gasteiger partial charge on any atom is -0.504 e. The number of methoxy groups -OCH3 is 1. The monoisotopic (exact) mass is 1270 g/mol. The van der Waals surface area contributed by atoms with Crippen LogP contribution in [0.3, 0.4) is 0 Å². The van der Waals surface area contributed by atoms with E-state index in [-0.39, 0.29) is 42.1 Å². The van der Waals surface area contributed by atoms with Crippen molar-refractivity contribution in [2.75, 3.05) is 64.4 Å². The van der Waals surface area contributed by atoms with E-state index in [2.05, 4.69) is 65.3 Å². The fraction of sp³-hybridized carbons (Fsp3) is 0.532. The van der Waals surface area contributed by atoms with Gasteiger partial charge in [-0.05, 0) is 99.7 Å². The van der Waals surface area contributed by atoms with E-state index in [9.17, 15) is 69.3 Å². The van der Waals surface area contributed by atoms with Crippen LogP contribution in [-0.2, 0) is 35.2 Å². The van der Waals surface area contributed by atoms with Crippen LogP contribution in [0.25, 0.3) is 21.1 Å². The molecule has 5 heterocycles. The molecular formula is C62H82N12O15S. The van der Waals surface area contributed by atoms with E-state index < -0.39 is 152 Å². The number of amides is 7. The van der Waals surface area contributed by atoms with Gasteiger partial charge in [0, 0.05) is 99.4 Å². The first-order chi connectivity index (χ1) is 43.0. The third kappa shape index (κ3) is 15.5. The van der Waals surface area contributed by atoms with Gasteiger partial charge in [0.15, 0.2) is 11.5 Å². The van der Waals surface area contributed by atoms with Gasteiger partial charge in [0.1, 0.15) is 46.3 Å². The zero-order chi connectivity index (χ0) is 64.7. The van der Waals surface area contributed by atoms with Crippen LogP contribution in [0.2, 0.25) is 0 Å². The number of phenolic OH excluding ortho intramolecular Hbond substituents is 1. The largest absolute Gasteiger partial charge is 0.504 e. The number of nitrogens with zero attached hydrogens (tertiary/aromatic N) is 6. The summed E-state index contributed by atoms with van der Waals surface area (Å²) in [4.78, 5) is 108. The van der Waals surface area contributed by atoms with Crippen molar-refractivity contribution < 1.29 is 74.0 Å². The predicted molar refractivity (Wildman–Crippen MR) is 329 cm³/mol. The summed E-state index contributed by atoms with van der Waals surface area (Å²) in [7, 11) is 1.28. The van der Waals surface area contributed by atoms with E-state index in [4.69, 9.17) is 10.5 Å². The highest BCUT2D eigenvalue weighted by Gasteiger charge is 2.50. The Hall–Kier alpha value is -7.67. The summed E-state index contributed by atoms with van der Waals surface area (Å²) in [6.45, 7) is 9.10. The second kappa shape index (κ2) is 29.5. The van der Waals surface area contributed by atoms with Crippen LogP contribution in [0, 0.1) is 5.92 Å². The van der Waals surface area contributed by atoms with E-state index >= 15 is 0 Å². The third-order valence-corrected chi connectivity index (χ3v) is 18.7. The Morgan fingerprint density at radius 1 is 0.767 bits per heavy atom. The molecule has 1 aliphatic carbocycles. The van der Waals surface area contributed by atoms with Gasteiger partial charge in [-0.2, -0.15) is 0 Å². The van der Waals surface area contributed by atoms with Crippen molar-refractivity contribution in [3.05, 3.63) is 90.0 Å². The molecule has 27 nitrogen and oxygen atoms in total. The first-order valence-electron chi connectivity index (χ1n) is 30.5. The molecule has 1 saturated carbocycles. The van der Waals surface area contributed by atoms with Gasteiger partial charge < -0.3 is 87.5 Å². The molecule has 1 aromatic heterocycles. The topological polar surface area (TPSA) is 395 Å². The molecule has 5 fully saturated rings. The number of hydrogen-bond donors (Lipinski definition) is 13. The van der Waals surface area contributed by atoms with Gasteiger partial charge in [0.2, 0.25) is 35.4 Å². The van der Waals surface area contributed by atoms with Crippen LogP contribution in [0.15, 0.2) is 78.9 Å². The summed E-state index contributed by atoms with van der Waals surface area (Å²) in [5, 5.41) is 101. The maximum Gasteiger partial charge on any atom is 0.251 e. The normalized spacial score (nSPS) is 27.5. The minimum atomic E-state index is -2.02. The van der Waals surface area contributed by atoms with Crippen LogP contribution in [-0.4, -0.2) is 240 Å². The molecule has 3 aromatic carbocycles. The molecule has 4 aliphatic heterocycles. The van der Waals surface area contributed by atoms with Gasteiger partial charge in [0.05, 0.1) is 43.7 Å². The van der Waals surface area contributed by atoms with Crippen molar-refractivity contribution in [1.82, 2.24) is 51.5 Å². The first kappa shape index (κ1) is 66.7. The molecule has 7 amide bonds. The Bertz CT molecular complexity index is 3230. The van der Waals surface area contributed by atoms with Gasteiger partial charge >= 0.3 is 0 Å². The quantitative estimate of drug-likeness (QED) is 0.0639. The van der Waals surface area contributed by atoms with Crippen LogP contribution in [0.4, 0.5) is 5.69 Å². The number of anilines is 1. The van der Waals surface area contributed by atoms with Gasteiger partial charge in [0.25, 0.3) is 5.91 Å². The molecule has 9 rings (SSSR count). The average molecular weight is 1270 g/mol. The van der Waals surface area contributed by atoms with Gasteiger partial charge in [-0.3, -0.25) is 38.5 Å². The Morgan fingerprint density at radius 2 is 1.39 bits per heavy atom. The molecule has 13 atom stereocenters. The van der Waals surface area contributed by atoms with E-state index in [0.29, 0.717) is 21.6 Å². The standard InChI is InChI=1S/C62H82N12O15S/c1-32-5-14-39(15-6-32)71-21-23-72(24-22-71)40-16-12-38(13-17-40)60-70-69-59(90-60)37-10-8-36(9-11-37)54(82)65-43-27-41(76)29-64-58(86)52-53(81)33(2)30-74(52)62(88)51(46(79)19-20-63)68-57(85)50(47(80)25-35-7-18-45(78)48(26-35)89-4)67-56(84)44-28-42(77)31-73(44)61(87)49(34(3)75)66-55(43)83/h7-13,16-18,26,33-34,39,41-44,46-47,49-53,75-81H,1,5-6,14-15,19-25,27-31,63H2,2-4H3,(H,64,86)(H,65,82)(H,66,83)(H,67,84)(H,68,85)/t33-,34+,41+,42+,43-,44-,46+,47+,49-,50-,51-,52-,53-/m0/s1. The predicted octanol–water partition coefficient (Wildman–Crippen LogP) is -1.50. The first-order valence-corrected chi connectivity index (χ1v) is 31.3. The number of ether oxygens (including phenoxy) is 1. The number of carbonyl (C=O) groups is 7. The van der Waals surface area contributed by atoms with E-state index in [1.54, 1.807) is 19.1 Å². The second-order valence-corrected chi connectivity index (χ2v) is 25.1. The number of nitrogens with one attached hydrogen (secondary N) is 5. The zero-order valence-corrected chi connectivity index (χ0v) is 51.3. The summed E-state index contributed by atoms with van der Waals surface area (Å²) in [6, 6.07) is 8.23. The Balaban J connectivity index is 0.948. The van der Waals surface area contributed by atoms with Gasteiger partial charge in [-0.25, -0.2) is 0 Å². The summed E-state index contributed by atoms with van der Waals surface area (Å²) in [5.41, 5.74) is 10.1. The molecule has 28 heteroatoms. The molecule has 0 spiro atoms. The number of aliphatic hydroxyl groups is 6. The van der Waals surface area contributed by atoms with Crippen molar-refractivity contribution in [2.45, 2.75) is 144 Å². The summed E-state index contributed by atoms with van der Waals surface area (Å²) in [6.07, 6.45) is -7.17. The highest BCUT2D eigenvalue weighted by molar-refractivity contribution is 7.17. The number of rotatable bonds is 14. The molecule has 0 unspecified atom stereocenters. The SMILES string of the molecule is C=C1CCC(N2CCN(c3ccc(-c4nnc(-c5ccc(C(=O)N[C@H]6C[C@@H](O)CNC(=O)[C@@H]7[C@@H](O)[C@@H](C)CN7C(=O)[C@H]([C@H](O)CCN)NC(=O)[C@H]([C@H](O)Cc7ccc(O)c(OC)c7)NC(=O)[C@@H]7C[C@@H](O)CN7C(=O)[C@H]([C@@H](C)O)NC6=O)cc5)s4)cc3)CC2)CC1. The molecule has 90 heavy (non-hydrogen) atoms. The summed E-state index contributed by atoms with van der Waals surface area (Å²) >= 11 is 1.35. The number of β-amino-alcohol motifs (C(OH)–C–C–N with tert-alkyl or cyclic N) is 1. The average Bonchev–Trinajstić information content (AvgIpc) is 1.68. The Labute approximate surface area is 524 Å². The highest BCUT2D eigenvalue weighted by Crippen LogP contribution is 2.34. The zero-order valence-electron chi connectivity index (χ0n) is 50.5. The van der Waals surface area contributed by atoms with E-state index in [1.165, 1.54) is 67.2 Å². The van der Waals surface area contributed by atoms with Crippen molar-refractivity contribution in [3.8, 4) is 32.6 Å².